The van der Waals surface area contributed by atoms with Gasteiger partial charge in [-0.05, 0) is 24.6 Å². The smallest absolute Gasteiger partial charge is 0.233 e. The molecule has 2 unspecified atom stereocenters. The molecule has 2 aliphatic rings. The molecule has 27 heavy (non-hydrogen) atoms. The summed E-state index contributed by atoms with van der Waals surface area (Å²) in [6.45, 7) is 0.776. The van der Waals surface area contributed by atoms with Crippen LogP contribution in [0.1, 0.15) is 6.42 Å². The van der Waals surface area contributed by atoms with Crippen molar-refractivity contribution in [2.24, 2.45) is 5.92 Å². The van der Waals surface area contributed by atoms with Crippen molar-refractivity contribution in [3.05, 3.63) is 49.1 Å². The van der Waals surface area contributed by atoms with Crippen molar-refractivity contribution in [1.82, 2.24) is 25.1 Å². The Hall–Kier alpha value is -3.00. The van der Waals surface area contributed by atoms with Crippen molar-refractivity contribution in [2.45, 2.75) is 24.7 Å². The largest absolute Gasteiger partial charge is 0.507 e. The summed E-state index contributed by atoms with van der Waals surface area (Å²) in [5, 5.41) is 21.7. The van der Waals surface area contributed by atoms with Crippen LogP contribution >= 0.6 is 0 Å². The molecule has 138 valence electrons. The minimum atomic E-state index is -1.02. The number of alkyl halides is 1. The zero-order valence-electron chi connectivity index (χ0n) is 14.4. The van der Waals surface area contributed by atoms with Crippen LogP contribution in [0, 0.1) is 5.92 Å². The number of phenols is 1. The quantitative estimate of drug-likeness (QED) is 0.735. The van der Waals surface area contributed by atoms with Gasteiger partial charge in [-0.2, -0.15) is 0 Å². The van der Waals surface area contributed by atoms with Crippen molar-refractivity contribution in [3.63, 3.8) is 0 Å². The normalized spacial score (nSPS) is 26.4. The monoisotopic (exact) mass is 367 g/mol. The number of fused-ring (bicyclic) bond motifs is 2. The Bertz CT molecular complexity index is 945. The molecule has 2 aromatic heterocycles. The van der Waals surface area contributed by atoms with Gasteiger partial charge in [0.25, 0.3) is 0 Å². The minimum absolute atomic E-state index is 0.0900. The van der Waals surface area contributed by atoms with Crippen molar-refractivity contribution in [2.75, 3.05) is 6.54 Å². The van der Waals surface area contributed by atoms with E-state index in [9.17, 15) is 9.50 Å². The summed E-state index contributed by atoms with van der Waals surface area (Å²) in [4.78, 5) is 3.99. The molecule has 4 atom stereocenters. The number of nitrogens with one attached hydrogen (secondary N) is 1. The van der Waals surface area contributed by atoms with E-state index in [0.29, 0.717) is 17.1 Å². The lowest BCUT2D eigenvalue weighted by Gasteiger charge is -2.26. The number of aromatic nitrogens is 4. The molecule has 1 aromatic carbocycles. The zero-order chi connectivity index (χ0) is 18.4. The number of imidazole rings is 1. The van der Waals surface area contributed by atoms with E-state index in [1.165, 1.54) is 0 Å². The van der Waals surface area contributed by atoms with Crippen LogP contribution < -0.4 is 10.1 Å². The van der Waals surface area contributed by atoms with Gasteiger partial charge in [0.1, 0.15) is 11.9 Å². The maximum atomic E-state index is 14.2. The highest BCUT2D eigenvalue weighted by atomic mass is 19.1. The zero-order valence-corrected chi connectivity index (χ0v) is 14.4. The summed E-state index contributed by atoms with van der Waals surface area (Å²) in [7, 11) is 0. The molecular weight excluding hydrogens is 349 g/mol. The summed E-state index contributed by atoms with van der Waals surface area (Å²) in [5.41, 5.74) is 1.87. The number of rotatable bonds is 4. The highest BCUT2D eigenvalue weighted by Gasteiger charge is 2.50. The van der Waals surface area contributed by atoms with Gasteiger partial charge in [0, 0.05) is 48.6 Å². The SMILES string of the molecule is Oc1cc(-n2ccnc2)ccc1-c1ccc(O[C@@H]2C3CNC(C3)[C@H]2F)nn1. The highest BCUT2D eigenvalue weighted by molar-refractivity contribution is 5.68. The van der Waals surface area contributed by atoms with Gasteiger partial charge in [-0.1, -0.05) is 0 Å². The van der Waals surface area contributed by atoms with Crippen molar-refractivity contribution in [3.8, 4) is 28.6 Å². The van der Waals surface area contributed by atoms with Crippen LogP contribution in [0.25, 0.3) is 16.9 Å². The first-order valence-corrected chi connectivity index (χ1v) is 8.88. The molecule has 1 saturated heterocycles. The standard InChI is InChI=1S/C19H18FN5O2/c20-18-15-7-11(9-22-15)19(18)27-17-4-3-14(23-24-17)13-2-1-12(8-16(13)26)25-6-5-21-10-25/h1-6,8,10-11,15,18-19,22,26H,7,9H2/t11?,15?,18-,19-/m1/s1. The Kier molecular flexibility index (Phi) is 3.78. The average molecular weight is 367 g/mol. The fourth-order valence-corrected chi connectivity index (χ4v) is 3.91. The molecule has 1 aliphatic carbocycles. The van der Waals surface area contributed by atoms with Gasteiger partial charge in [-0.3, -0.25) is 0 Å². The summed E-state index contributed by atoms with van der Waals surface area (Å²) in [6, 6.07) is 8.54. The van der Waals surface area contributed by atoms with E-state index in [1.807, 2.05) is 6.07 Å². The number of aromatic hydroxyl groups is 1. The predicted molar refractivity (Wildman–Crippen MR) is 95.5 cm³/mol. The van der Waals surface area contributed by atoms with E-state index >= 15 is 0 Å². The molecule has 3 aromatic rings. The van der Waals surface area contributed by atoms with E-state index in [4.69, 9.17) is 4.74 Å². The third-order valence-electron chi connectivity index (χ3n) is 5.32. The molecule has 5 rings (SSSR count). The number of phenolic OH excluding ortho intramolecular Hbond substituents is 1. The molecule has 1 saturated carbocycles. The second-order valence-electron chi connectivity index (χ2n) is 6.97. The number of hydrogen-bond donors (Lipinski definition) is 2. The Morgan fingerprint density at radius 3 is 2.81 bits per heavy atom. The number of nitrogens with zero attached hydrogens (tertiary/aromatic N) is 4. The van der Waals surface area contributed by atoms with Crippen molar-refractivity contribution in [1.29, 1.82) is 0 Å². The number of ether oxygens (including phenoxy) is 1. The third kappa shape index (κ3) is 2.82. The highest BCUT2D eigenvalue weighted by Crippen LogP contribution is 2.36. The van der Waals surface area contributed by atoms with E-state index in [2.05, 4.69) is 20.5 Å². The fraction of sp³-hybridized carbons (Fsp3) is 0.316. The fourth-order valence-electron chi connectivity index (χ4n) is 3.91. The van der Waals surface area contributed by atoms with Gasteiger partial charge in [-0.25, -0.2) is 9.37 Å². The summed E-state index contributed by atoms with van der Waals surface area (Å²) >= 11 is 0. The Balaban J connectivity index is 1.34. The van der Waals surface area contributed by atoms with E-state index in [1.54, 1.807) is 47.6 Å². The third-order valence-corrected chi connectivity index (χ3v) is 5.32. The molecule has 0 spiro atoms. The molecule has 2 bridgehead atoms. The van der Waals surface area contributed by atoms with Crippen molar-refractivity contribution < 1.29 is 14.2 Å². The van der Waals surface area contributed by atoms with Gasteiger partial charge in [0.15, 0.2) is 6.17 Å². The Labute approximate surface area is 154 Å². The number of benzene rings is 1. The van der Waals surface area contributed by atoms with Crippen LogP contribution in [0.4, 0.5) is 4.39 Å². The van der Waals surface area contributed by atoms with E-state index < -0.39 is 12.3 Å². The molecule has 0 amide bonds. The van der Waals surface area contributed by atoms with Gasteiger partial charge < -0.3 is 19.7 Å². The van der Waals surface area contributed by atoms with Crippen LogP contribution in [0.5, 0.6) is 11.6 Å². The first kappa shape index (κ1) is 16.2. The van der Waals surface area contributed by atoms with Gasteiger partial charge in [0.2, 0.25) is 5.88 Å². The molecule has 3 heterocycles. The second kappa shape index (κ2) is 6.31. The maximum Gasteiger partial charge on any atom is 0.233 e. The molecular formula is C19H18FN5O2. The number of piperidine rings is 1. The van der Waals surface area contributed by atoms with E-state index in [-0.39, 0.29) is 17.7 Å². The topological polar surface area (TPSA) is 85.1 Å². The average Bonchev–Trinajstić information content (AvgIpc) is 3.42. The lowest BCUT2D eigenvalue weighted by molar-refractivity contribution is 0.0615. The maximum absolute atomic E-state index is 14.2. The van der Waals surface area contributed by atoms with Crippen LogP contribution in [0.2, 0.25) is 0 Å². The molecule has 2 N–H and O–H groups in total. The summed E-state index contributed by atoms with van der Waals surface area (Å²) in [5.74, 6) is 0.562. The summed E-state index contributed by atoms with van der Waals surface area (Å²) < 4.78 is 21.8. The lowest BCUT2D eigenvalue weighted by Crippen LogP contribution is -2.46. The molecule has 2 fully saturated rings. The molecule has 8 heteroatoms. The Morgan fingerprint density at radius 1 is 1.22 bits per heavy atom. The Morgan fingerprint density at radius 2 is 2.15 bits per heavy atom. The first-order chi connectivity index (χ1) is 13.2. The molecule has 0 radical (unpaired) electrons. The molecule has 1 aliphatic heterocycles. The van der Waals surface area contributed by atoms with E-state index in [0.717, 1.165) is 18.7 Å². The van der Waals surface area contributed by atoms with Crippen molar-refractivity contribution >= 4 is 0 Å². The van der Waals surface area contributed by atoms with Crippen LogP contribution in [0.3, 0.4) is 0 Å². The van der Waals surface area contributed by atoms with Gasteiger partial charge >= 0.3 is 0 Å². The van der Waals surface area contributed by atoms with Crippen LogP contribution in [0.15, 0.2) is 49.1 Å². The first-order valence-electron chi connectivity index (χ1n) is 8.88. The second-order valence-corrected chi connectivity index (χ2v) is 6.97. The van der Waals surface area contributed by atoms with Gasteiger partial charge in [-0.15, -0.1) is 10.2 Å². The predicted octanol–water partition coefficient (Wildman–Crippen LogP) is 2.11. The number of hydrogen-bond acceptors (Lipinski definition) is 6. The minimum Gasteiger partial charge on any atom is -0.507 e. The van der Waals surface area contributed by atoms with Gasteiger partial charge in [0.05, 0.1) is 17.7 Å². The van der Waals surface area contributed by atoms with Crippen LogP contribution in [-0.2, 0) is 0 Å². The molecule has 7 nitrogen and oxygen atoms in total. The lowest BCUT2D eigenvalue weighted by atomic mass is 10.1. The number of halogens is 1. The van der Waals surface area contributed by atoms with Crippen LogP contribution in [-0.4, -0.2) is 49.7 Å². The summed E-state index contributed by atoms with van der Waals surface area (Å²) in [6.07, 6.45) is 4.43.